The Labute approximate surface area is 444 Å². The molecule has 77 heavy (non-hydrogen) atoms. The van der Waals surface area contributed by atoms with E-state index in [-0.39, 0.29) is 84.1 Å². The summed E-state index contributed by atoms with van der Waals surface area (Å²) in [5, 5.41) is 46.7. The van der Waals surface area contributed by atoms with Gasteiger partial charge in [0.2, 0.25) is 17.5 Å². The third-order valence-corrected chi connectivity index (χ3v) is 14.5. The molecule has 0 unspecified atom stereocenters. The lowest BCUT2D eigenvalue weighted by Gasteiger charge is -2.38. The highest BCUT2D eigenvalue weighted by molar-refractivity contribution is 6.31. The van der Waals surface area contributed by atoms with Gasteiger partial charge in [0.25, 0.3) is 11.8 Å². The average Bonchev–Trinajstić information content (AvgIpc) is 4.25. The van der Waals surface area contributed by atoms with E-state index in [9.17, 15) is 51.4 Å². The van der Waals surface area contributed by atoms with E-state index in [0.717, 1.165) is 0 Å². The van der Waals surface area contributed by atoms with Gasteiger partial charge in [0.05, 0.1) is 47.0 Å². The number of H-pyrrole nitrogens is 1. The van der Waals surface area contributed by atoms with Crippen molar-refractivity contribution in [1.29, 1.82) is 5.26 Å². The van der Waals surface area contributed by atoms with Crippen molar-refractivity contribution in [2.45, 2.75) is 36.6 Å². The molecule has 4 fully saturated rings. The number of rotatable bonds is 7. The normalized spacial score (nSPS) is 20.6. The van der Waals surface area contributed by atoms with Gasteiger partial charge in [-0.15, -0.1) is 10.2 Å². The van der Waals surface area contributed by atoms with Gasteiger partial charge in [-0.1, -0.05) is 23.2 Å². The molecule has 4 aliphatic rings. The lowest BCUT2D eigenvalue weighted by molar-refractivity contribution is -0.145. The molecular formula is C50H45Cl2F6N15O4. The first-order chi connectivity index (χ1) is 36.8. The van der Waals surface area contributed by atoms with Gasteiger partial charge in [0, 0.05) is 116 Å². The molecular weight excluding hydrogens is 1060 g/mol. The molecule has 4 aliphatic heterocycles. The largest absolute Gasteiger partial charge is 0.451 e. The maximum atomic E-state index is 13.7. The van der Waals surface area contributed by atoms with Crippen LogP contribution in [0.1, 0.15) is 37.9 Å². The van der Waals surface area contributed by atoms with Crippen LogP contribution in [0.15, 0.2) is 84.9 Å². The van der Waals surface area contributed by atoms with E-state index in [1.807, 2.05) is 11.0 Å². The van der Waals surface area contributed by atoms with Gasteiger partial charge in [-0.25, -0.2) is 19.9 Å². The lowest BCUT2D eigenvalue weighted by atomic mass is 10.1. The summed E-state index contributed by atoms with van der Waals surface area (Å²) >= 11 is 11.8. The number of aliphatic hydroxyl groups excluding tert-OH is 2. The molecule has 3 aromatic heterocycles. The predicted molar refractivity (Wildman–Crippen MR) is 269 cm³/mol. The van der Waals surface area contributed by atoms with Gasteiger partial charge < -0.3 is 29.8 Å². The van der Waals surface area contributed by atoms with Crippen LogP contribution in [-0.4, -0.2) is 185 Å². The van der Waals surface area contributed by atoms with Gasteiger partial charge >= 0.3 is 12.4 Å². The molecule has 0 aliphatic carbocycles. The second-order valence-electron chi connectivity index (χ2n) is 18.8. The van der Waals surface area contributed by atoms with Gasteiger partial charge in [-0.05, 0) is 90.1 Å². The third kappa shape index (κ3) is 11.4. The number of hydrogen-bond donors (Lipinski definition) is 3. The van der Waals surface area contributed by atoms with E-state index in [1.54, 1.807) is 80.3 Å². The molecule has 3 N–H and O–H groups in total. The first kappa shape index (κ1) is 53.1. The third-order valence-electron chi connectivity index (χ3n) is 14.0. The number of nitrogens with zero attached hydrogens (tertiary/aromatic N) is 14. The summed E-state index contributed by atoms with van der Waals surface area (Å²) in [6.45, 7) is 4.49. The molecule has 2 amide bonds. The van der Waals surface area contributed by atoms with Crippen molar-refractivity contribution < 1.29 is 46.1 Å². The highest BCUT2D eigenvalue weighted by Gasteiger charge is 2.43. The van der Waals surface area contributed by atoms with E-state index >= 15 is 0 Å². The number of fused-ring (bicyclic) bond motifs is 2. The predicted octanol–water partition coefficient (Wildman–Crippen LogP) is 5.67. The van der Waals surface area contributed by atoms with Crippen molar-refractivity contribution in [3.05, 3.63) is 123 Å². The van der Waals surface area contributed by atoms with E-state index in [0.29, 0.717) is 89.9 Å². The second kappa shape index (κ2) is 21.6. The number of carbonyl (C=O) groups excluding carboxylic acids is 2. The zero-order valence-electron chi connectivity index (χ0n) is 40.4. The maximum Gasteiger partial charge on any atom is 0.451 e. The number of benzene rings is 4. The Morgan fingerprint density at radius 1 is 0.597 bits per heavy atom. The Balaban J connectivity index is 0.000000175. The number of carbonyl (C=O) groups is 2. The quantitative estimate of drug-likeness (QED) is 0.164. The van der Waals surface area contributed by atoms with Gasteiger partial charge in [0.15, 0.2) is 0 Å². The number of β-amino-alcohol motifs (C(OH)–C–C–N with tert-alkyl or cyclic N) is 2. The molecule has 27 heteroatoms. The second-order valence-corrected chi connectivity index (χ2v) is 19.7. The van der Waals surface area contributed by atoms with Crippen LogP contribution in [0.25, 0.3) is 33.2 Å². The van der Waals surface area contributed by atoms with E-state index in [2.05, 4.69) is 45.5 Å². The summed E-state index contributed by atoms with van der Waals surface area (Å²) in [6, 6.07) is 23.5. The number of anilines is 2. The van der Waals surface area contributed by atoms with Crippen molar-refractivity contribution in [1.82, 2.24) is 60.2 Å². The number of alkyl halides is 6. The number of aliphatic hydroxyl groups is 2. The molecule has 7 aromatic rings. The number of nitriles is 1. The Hall–Kier alpha value is -7.34. The molecule has 0 spiro atoms. The minimum Gasteiger partial charge on any atom is -0.390 e. The zero-order valence-corrected chi connectivity index (χ0v) is 41.9. The van der Waals surface area contributed by atoms with Crippen molar-refractivity contribution in [2.24, 2.45) is 0 Å². The van der Waals surface area contributed by atoms with Crippen LogP contribution in [0.4, 0.5) is 38.0 Å². The summed E-state index contributed by atoms with van der Waals surface area (Å²) in [7, 11) is 0. The van der Waals surface area contributed by atoms with Crippen LogP contribution in [0.3, 0.4) is 0 Å². The van der Waals surface area contributed by atoms with E-state index in [4.69, 9.17) is 23.2 Å². The van der Waals surface area contributed by atoms with Crippen molar-refractivity contribution in [3.8, 4) is 17.5 Å². The average molecular weight is 1100 g/mol. The van der Waals surface area contributed by atoms with Crippen LogP contribution in [0.5, 0.6) is 0 Å². The maximum absolute atomic E-state index is 13.7. The highest BCUT2D eigenvalue weighted by Crippen LogP contribution is 2.37. The molecule has 400 valence electrons. The minimum atomic E-state index is -4.75. The highest BCUT2D eigenvalue weighted by atomic mass is 35.5. The molecule has 0 bridgehead atoms. The Morgan fingerprint density at radius 3 is 1.45 bits per heavy atom. The Kier molecular flexibility index (Phi) is 14.9. The fraction of sp³-hybridized carbons (Fsp3) is 0.360. The van der Waals surface area contributed by atoms with Crippen LogP contribution in [0.2, 0.25) is 10.0 Å². The molecule has 19 nitrogen and oxygen atoms in total. The summed E-state index contributed by atoms with van der Waals surface area (Å²) in [5.74, 6) is -2.35. The molecule has 11 rings (SSSR count). The first-order valence-corrected chi connectivity index (χ1v) is 24.9. The monoisotopic (exact) mass is 1100 g/mol. The van der Waals surface area contributed by atoms with Crippen molar-refractivity contribution >= 4 is 68.5 Å². The lowest BCUT2D eigenvalue weighted by Crippen LogP contribution is -2.54. The number of hydrogen-bond acceptors (Lipinski definition) is 16. The number of aromatic amines is 1. The van der Waals surface area contributed by atoms with Gasteiger partial charge in [-0.2, -0.15) is 36.8 Å². The summed E-state index contributed by atoms with van der Waals surface area (Å²) < 4.78 is 81.7. The Morgan fingerprint density at radius 2 is 1.04 bits per heavy atom. The van der Waals surface area contributed by atoms with Gasteiger partial charge in [-0.3, -0.25) is 19.4 Å². The van der Waals surface area contributed by atoms with Gasteiger partial charge in [0.1, 0.15) is 11.6 Å². The standard InChI is InChI=1S/C25H23ClF3N9O2.C25H22ClF3N6O2/c26-16-4-1-14(2-5-16)23(40)37-9-7-36(8-10-37)19-12-38(13-20(19)39)22-17-11-15(21-32-34-35-33-21)3-6-18(17)30-24(31-22)25(27,28)29;26-17-4-2-16(3-5-17)23(37)34-9-7-33(8-10-34)20-13-35(14-21(20)36)22-18-11-15(12-30)1-6-19(18)31-24(32-22)25(27,28)29/h1-6,11,19-20,39H,7-10,12-13H2,(H,32,33,34,35);1-6,11,20-21,36H,7-10,13-14H2/t19-,20-;20-,21-/m00/s1. The van der Waals surface area contributed by atoms with Crippen LogP contribution < -0.4 is 9.80 Å². The van der Waals surface area contributed by atoms with Crippen molar-refractivity contribution in [3.63, 3.8) is 0 Å². The molecule has 4 saturated heterocycles. The summed E-state index contributed by atoms with van der Waals surface area (Å²) in [5.41, 5.74) is 2.07. The molecule has 4 aromatic carbocycles. The van der Waals surface area contributed by atoms with Crippen LogP contribution in [-0.2, 0) is 12.4 Å². The van der Waals surface area contributed by atoms with E-state index in [1.165, 1.54) is 24.3 Å². The SMILES string of the molecule is N#Cc1ccc2nc(C(F)(F)F)nc(N3C[C@H](O)[C@@H](N4CCN(C(=O)c5ccc(Cl)cc5)CC4)C3)c2c1.O=C(c1ccc(Cl)cc1)N1CCN([C@H]2CN(c3nc(C(F)(F)F)nc4ccc(-c5nn[nH]n5)cc34)C[C@@H]2O)CC1. The van der Waals surface area contributed by atoms with Crippen LogP contribution in [0, 0.1) is 11.3 Å². The van der Waals surface area contributed by atoms with Crippen molar-refractivity contribution in [2.75, 3.05) is 88.3 Å². The smallest absolute Gasteiger partial charge is 0.390 e. The molecule has 4 atom stereocenters. The Bertz CT molecular complexity index is 3340. The number of nitrogens with one attached hydrogen (secondary N) is 1. The first-order valence-electron chi connectivity index (χ1n) is 24.2. The number of tetrazole rings is 1. The number of amides is 2. The minimum absolute atomic E-state index is 0.0347. The fourth-order valence-electron chi connectivity index (χ4n) is 10.1. The number of piperazine rings is 2. The van der Waals surface area contributed by atoms with E-state index < -0.39 is 36.2 Å². The molecule has 0 saturated carbocycles. The fourth-order valence-corrected chi connectivity index (χ4v) is 10.4. The van der Waals surface area contributed by atoms with Crippen LogP contribution >= 0.6 is 23.2 Å². The molecule has 0 radical (unpaired) electrons. The molecule has 7 heterocycles. The number of aromatic nitrogens is 8. The summed E-state index contributed by atoms with van der Waals surface area (Å²) in [6.07, 6.45) is -11.2. The topological polar surface area (TPSA) is 224 Å². The zero-order chi connectivity index (χ0) is 54.3. The number of halogens is 8. The summed E-state index contributed by atoms with van der Waals surface area (Å²) in [4.78, 5) is 51.6.